The van der Waals surface area contributed by atoms with Gasteiger partial charge in [-0.25, -0.2) is 13.1 Å². The monoisotopic (exact) mass is 339 g/mol. The number of halogens is 1. The molecule has 0 amide bonds. The Kier molecular flexibility index (Phi) is 4.39. The van der Waals surface area contributed by atoms with Crippen molar-refractivity contribution in [2.45, 2.75) is 18.4 Å². The van der Waals surface area contributed by atoms with Crippen molar-refractivity contribution in [1.29, 1.82) is 0 Å². The average Bonchev–Trinajstić information content (AvgIpc) is 2.37. The summed E-state index contributed by atoms with van der Waals surface area (Å²) in [6.45, 7) is 2.20. The molecule has 2 rings (SSSR count). The van der Waals surface area contributed by atoms with Gasteiger partial charge in [-0.15, -0.1) is 0 Å². The highest BCUT2D eigenvalue weighted by Crippen LogP contribution is 2.13. The zero-order chi connectivity index (χ0) is 13.9. The quantitative estimate of drug-likeness (QED) is 0.929. The lowest BCUT2D eigenvalue weighted by molar-refractivity contribution is 0.581. The number of hydrogen-bond acceptors (Lipinski definition) is 2. The predicted molar refractivity (Wildman–Crippen MR) is 79.3 cm³/mol. The highest BCUT2D eigenvalue weighted by Gasteiger charge is 2.12. The predicted octanol–water partition coefficient (Wildman–Crippen LogP) is 3.24. The van der Waals surface area contributed by atoms with Crippen LogP contribution in [-0.2, 0) is 16.6 Å². The van der Waals surface area contributed by atoms with Crippen LogP contribution in [0.4, 0.5) is 0 Å². The Morgan fingerprint density at radius 3 is 2.42 bits per heavy atom. The van der Waals surface area contributed by atoms with E-state index in [2.05, 4.69) is 20.7 Å². The van der Waals surface area contributed by atoms with Crippen molar-refractivity contribution in [1.82, 2.24) is 4.72 Å². The molecule has 0 aromatic heterocycles. The van der Waals surface area contributed by atoms with Crippen molar-refractivity contribution in [3.8, 4) is 0 Å². The molecule has 5 heteroatoms. The first-order chi connectivity index (χ1) is 8.97. The summed E-state index contributed by atoms with van der Waals surface area (Å²) in [5.74, 6) is 0. The lowest BCUT2D eigenvalue weighted by atomic mass is 10.2. The fourth-order valence-electron chi connectivity index (χ4n) is 1.63. The van der Waals surface area contributed by atoms with E-state index in [1.165, 1.54) is 0 Å². The molecule has 19 heavy (non-hydrogen) atoms. The Labute approximate surface area is 121 Å². The summed E-state index contributed by atoms with van der Waals surface area (Å²) in [5, 5.41) is 0. The molecular formula is C14H14BrNO2S. The fourth-order valence-corrected chi connectivity index (χ4v) is 3.09. The summed E-state index contributed by atoms with van der Waals surface area (Å²) >= 11 is 3.36. The maximum Gasteiger partial charge on any atom is 0.240 e. The molecule has 0 unspecified atom stereocenters. The van der Waals surface area contributed by atoms with E-state index in [1.807, 2.05) is 31.2 Å². The van der Waals surface area contributed by atoms with E-state index in [0.717, 1.165) is 15.6 Å². The lowest BCUT2D eigenvalue weighted by Gasteiger charge is -2.07. The third-order valence-electron chi connectivity index (χ3n) is 2.69. The van der Waals surface area contributed by atoms with Gasteiger partial charge in [0.25, 0.3) is 0 Å². The number of aryl methyl sites for hydroxylation is 1. The SMILES string of the molecule is Cc1ccc(S(=O)(=O)NCc2cccc(Br)c2)cc1. The van der Waals surface area contributed by atoms with Crippen LogP contribution in [0.5, 0.6) is 0 Å². The molecule has 0 aliphatic rings. The zero-order valence-corrected chi connectivity index (χ0v) is 12.8. The number of benzene rings is 2. The molecule has 0 spiro atoms. The molecule has 2 aromatic carbocycles. The van der Waals surface area contributed by atoms with Crippen LogP contribution < -0.4 is 4.72 Å². The van der Waals surface area contributed by atoms with Crippen LogP contribution in [0.25, 0.3) is 0 Å². The average molecular weight is 340 g/mol. The van der Waals surface area contributed by atoms with E-state index in [-0.39, 0.29) is 11.4 Å². The molecule has 0 aliphatic heterocycles. The molecule has 0 fully saturated rings. The first-order valence-electron chi connectivity index (χ1n) is 5.78. The lowest BCUT2D eigenvalue weighted by Crippen LogP contribution is -2.23. The highest BCUT2D eigenvalue weighted by molar-refractivity contribution is 9.10. The van der Waals surface area contributed by atoms with E-state index in [9.17, 15) is 8.42 Å². The van der Waals surface area contributed by atoms with Crippen molar-refractivity contribution in [3.63, 3.8) is 0 Å². The number of rotatable bonds is 4. The summed E-state index contributed by atoms with van der Waals surface area (Å²) in [5.41, 5.74) is 1.94. The van der Waals surface area contributed by atoms with Gasteiger partial charge in [-0.1, -0.05) is 45.8 Å². The van der Waals surface area contributed by atoms with Gasteiger partial charge in [0.2, 0.25) is 10.0 Å². The molecule has 0 radical (unpaired) electrons. The van der Waals surface area contributed by atoms with Crippen molar-refractivity contribution in [2.75, 3.05) is 0 Å². The van der Waals surface area contributed by atoms with Crippen LogP contribution in [0.1, 0.15) is 11.1 Å². The second kappa shape index (κ2) is 5.86. The minimum absolute atomic E-state index is 0.273. The molecule has 0 saturated carbocycles. The van der Waals surface area contributed by atoms with Gasteiger partial charge >= 0.3 is 0 Å². The Hall–Kier alpha value is -1.17. The number of hydrogen-bond donors (Lipinski definition) is 1. The number of sulfonamides is 1. The third-order valence-corrected chi connectivity index (χ3v) is 4.60. The molecule has 0 heterocycles. The zero-order valence-electron chi connectivity index (χ0n) is 10.4. The van der Waals surface area contributed by atoms with Gasteiger partial charge in [0.05, 0.1) is 4.90 Å². The minimum Gasteiger partial charge on any atom is -0.207 e. The molecule has 0 aliphatic carbocycles. The maximum absolute atomic E-state index is 12.1. The van der Waals surface area contributed by atoms with Crippen molar-refractivity contribution in [3.05, 3.63) is 64.1 Å². The summed E-state index contributed by atoms with van der Waals surface area (Å²) < 4.78 is 27.7. The summed E-state index contributed by atoms with van der Waals surface area (Å²) in [6, 6.07) is 14.3. The molecule has 3 nitrogen and oxygen atoms in total. The summed E-state index contributed by atoms with van der Waals surface area (Å²) in [6.07, 6.45) is 0. The third kappa shape index (κ3) is 3.89. The summed E-state index contributed by atoms with van der Waals surface area (Å²) in [4.78, 5) is 0.285. The van der Waals surface area contributed by atoms with Gasteiger partial charge in [0, 0.05) is 11.0 Å². The largest absolute Gasteiger partial charge is 0.240 e. The Balaban J connectivity index is 2.12. The first-order valence-corrected chi connectivity index (χ1v) is 8.06. The van der Waals surface area contributed by atoms with Crippen LogP contribution in [0.3, 0.4) is 0 Å². The van der Waals surface area contributed by atoms with E-state index >= 15 is 0 Å². The van der Waals surface area contributed by atoms with E-state index < -0.39 is 10.0 Å². The molecule has 0 atom stereocenters. The van der Waals surface area contributed by atoms with Crippen molar-refractivity contribution < 1.29 is 8.42 Å². The molecule has 0 saturated heterocycles. The van der Waals surface area contributed by atoms with Crippen molar-refractivity contribution >= 4 is 26.0 Å². The second-order valence-electron chi connectivity index (χ2n) is 4.27. The van der Waals surface area contributed by atoms with Gasteiger partial charge in [-0.3, -0.25) is 0 Å². The molecule has 0 bridgehead atoms. The van der Waals surface area contributed by atoms with Crippen LogP contribution in [0.15, 0.2) is 57.9 Å². The first kappa shape index (κ1) is 14.2. The fraction of sp³-hybridized carbons (Fsp3) is 0.143. The van der Waals surface area contributed by atoms with Gasteiger partial charge in [0.15, 0.2) is 0 Å². The molecular weight excluding hydrogens is 326 g/mol. The highest BCUT2D eigenvalue weighted by atomic mass is 79.9. The Morgan fingerprint density at radius 1 is 1.11 bits per heavy atom. The van der Waals surface area contributed by atoms with Crippen LogP contribution >= 0.6 is 15.9 Å². The van der Waals surface area contributed by atoms with Crippen LogP contribution in [0, 0.1) is 6.92 Å². The second-order valence-corrected chi connectivity index (χ2v) is 6.95. The van der Waals surface area contributed by atoms with E-state index in [0.29, 0.717) is 0 Å². The van der Waals surface area contributed by atoms with Crippen molar-refractivity contribution in [2.24, 2.45) is 0 Å². The number of nitrogens with one attached hydrogen (secondary N) is 1. The van der Waals surface area contributed by atoms with Crippen LogP contribution in [-0.4, -0.2) is 8.42 Å². The Morgan fingerprint density at radius 2 is 1.79 bits per heavy atom. The molecule has 100 valence electrons. The molecule has 1 N–H and O–H groups in total. The van der Waals surface area contributed by atoms with Gasteiger partial charge in [0.1, 0.15) is 0 Å². The standard InChI is InChI=1S/C14H14BrNO2S/c1-11-5-7-14(8-6-11)19(17,18)16-10-12-3-2-4-13(15)9-12/h2-9,16H,10H2,1H3. The molecule has 2 aromatic rings. The smallest absolute Gasteiger partial charge is 0.207 e. The normalized spacial score (nSPS) is 11.5. The van der Waals surface area contributed by atoms with Crippen LogP contribution in [0.2, 0.25) is 0 Å². The maximum atomic E-state index is 12.1. The van der Waals surface area contributed by atoms with E-state index in [1.54, 1.807) is 24.3 Å². The van der Waals surface area contributed by atoms with Gasteiger partial charge in [-0.2, -0.15) is 0 Å². The van der Waals surface area contributed by atoms with E-state index in [4.69, 9.17) is 0 Å². The Bertz CT molecular complexity index is 666. The summed E-state index contributed by atoms with van der Waals surface area (Å²) in [7, 11) is -3.45. The van der Waals surface area contributed by atoms with Gasteiger partial charge in [-0.05, 0) is 36.8 Å². The topological polar surface area (TPSA) is 46.2 Å². The minimum atomic E-state index is -3.45. The van der Waals surface area contributed by atoms with Gasteiger partial charge < -0.3 is 0 Å².